The molecular weight excluding hydrogens is 252 g/mol. The van der Waals surface area contributed by atoms with Crippen LogP contribution in [-0.2, 0) is 9.59 Å². The summed E-state index contributed by atoms with van der Waals surface area (Å²) in [5.74, 6) is -0.250. The third-order valence-corrected chi connectivity index (χ3v) is 4.18. The Morgan fingerprint density at radius 1 is 1.15 bits per heavy atom. The summed E-state index contributed by atoms with van der Waals surface area (Å²) in [6, 6.07) is 3.97. The monoisotopic (exact) mass is 274 g/mol. The number of hydrogen-bond donors (Lipinski definition) is 1. The van der Waals surface area contributed by atoms with Gasteiger partial charge in [-0.05, 0) is 49.9 Å². The van der Waals surface area contributed by atoms with Crippen molar-refractivity contribution in [2.75, 3.05) is 7.05 Å². The van der Waals surface area contributed by atoms with Gasteiger partial charge in [-0.15, -0.1) is 0 Å². The fourth-order valence-corrected chi connectivity index (χ4v) is 2.73. The highest BCUT2D eigenvalue weighted by molar-refractivity contribution is 6.05. The molecule has 2 atom stereocenters. The van der Waals surface area contributed by atoms with Gasteiger partial charge in [0.15, 0.2) is 0 Å². The zero-order valence-corrected chi connectivity index (χ0v) is 12.8. The molecule has 0 spiro atoms. The predicted octanol–water partition coefficient (Wildman–Crippen LogP) is 2.02. The molecule has 2 amide bonds. The van der Waals surface area contributed by atoms with Gasteiger partial charge in [0.05, 0.1) is 12.5 Å². The molecule has 0 aliphatic carbocycles. The summed E-state index contributed by atoms with van der Waals surface area (Å²) in [6.07, 6.45) is 0.254. The summed E-state index contributed by atoms with van der Waals surface area (Å²) < 4.78 is 0. The Hall–Kier alpha value is -1.68. The second-order valence-electron chi connectivity index (χ2n) is 5.73. The van der Waals surface area contributed by atoms with Gasteiger partial charge in [0, 0.05) is 13.1 Å². The van der Waals surface area contributed by atoms with Gasteiger partial charge < -0.3 is 0 Å². The lowest BCUT2D eigenvalue weighted by atomic mass is 9.96. The first kappa shape index (κ1) is 14.7. The Bertz CT molecular complexity index is 566. The summed E-state index contributed by atoms with van der Waals surface area (Å²) in [5, 5.41) is 3.28. The van der Waals surface area contributed by atoms with Crippen LogP contribution in [0.2, 0.25) is 0 Å². The predicted molar refractivity (Wildman–Crippen MR) is 78.4 cm³/mol. The number of carbonyl (C=O) groups is 2. The molecule has 2 rings (SSSR count). The zero-order valence-electron chi connectivity index (χ0n) is 12.8. The van der Waals surface area contributed by atoms with E-state index in [-0.39, 0.29) is 24.3 Å². The van der Waals surface area contributed by atoms with Crippen LogP contribution in [0.4, 0.5) is 0 Å². The third-order valence-electron chi connectivity index (χ3n) is 4.18. The van der Waals surface area contributed by atoms with E-state index in [2.05, 4.69) is 38.2 Å². The fraction of sp³-hybridized carbons (Fsp3) is 0.500. The van der Waals surface area contributed by atoms with Crippen LogP contribution in [-0.4, -0.2) is 29.8 Å². The smallest absolute Gasteiger partial charge is 0.246 e. The van der Waals surface area contributed by atoms with Crippen molar-refractivity contribution in [1.29, 1.82) is 0 Å². The normalized spacial score (nSPS) is 20.6. The Labute approximate surface area is 120 Å². The first-order chi connectivity index (χ1) is 9.31. The van der Waals surface area contributed by atoms with E-state index in [1.54, 1.807) is 0 Å². The number of amides is 2. The molecule has 20 heavy (non-hydrogen) atoms. The van der Waals surface area contributed by atoms with Gasteiger partial charge in [-0.25, -0.2) is 0 Å². The van der Waals surface area contributed by atoms with Gasteiger partial charge in [-0.3, -0.25) is 19.8 Å². The lowest BCUT2D eigenvalue weighted by Gasteiger charge is -2.21. The van der Waals surface area contributed by atoms with E-state index in [9.17, 15) is 9.59 Å². The van der Waals surface area contributed by atoms with Crippen molar-refractivity contribution in [3.63, 3.8) is 0 Å². The molecule has 1 aliphatic rings. The van der Waals surface area contributed by atoms with E-state index in [4.69, 9.17) is 0 Å². The van der Waals surface area contributed by atoms with Gasteiger partial charge in [0.1, 0.15) is 0 Å². The maximum atomic E-state index is 11.9. The zero-order chi connectivity index (χ0) is 15.0. The fourth-order valence-electron chi connectivity index (χ4n) is 2.73. The Balaban J connectivity index is 2.17. The molecule has 0 aromatic heterocycles. The van der Waals surface area contributed by atoms with Crippen LogP contribution in [0.3, 0.4) is 0 Å². The first-order valence-electron chi connectivity index (χ1n) is 6.95. The maximum absolute atomic E-state index is 11.9. The Kier molecular flexibility index (Phi) is 3.95. The van der Waals surface area contributed by atoms with Crippen molar-refractivity contribution in [3.8, 4) is 0 Å². The molecule has 1 aromatic carbocycles. The summed E-state index contributed by atoms with van der Waals surface area (Å²) in [7, 11) is 1.54. The topological polar surface area (TPSA) is 49.4 Å². The van der Waals surface area contributed by atoms with Gasteiger partial charge in [-0.2, -0.15) is 0 Å². The highest BCUT2D eigenvalue weighted by atomic mass is 16.2. The number of nitrogens with zero attached hydrogens (tertiary/aromatic N) is 1. The molecule has 1 aliphatic heterocycles. The SMILES string of the molecule is Cc1cc(C)c(C(C)NC2CC(=O)N(C)C2=O)cc1C. The minimum Gasteiger partial charge on any atom is -0.299 e. The van der Waals surface area contributed by atoms with E-state index < -0.39 is 6.04 Å². The van der Waals surface area contributed by atoms with Crippen molar-refractivity contribution < 1.29 is 9.59 Å². The number of likely N-dealkylation sites (tertiary alicyclic amines) is 1. The number of likely N-dealkylation sites (N-methyl/N-ethyl adjacent to an activating group) is 1. The van der Waals surface area contributed by atoms with Crippen LogP contribution in [0.5, 0.6) is 0 Å². The van der Waals surface area contributed by atoms with Gasteiger partial charge in [0.25, 0.3) is 0 Å². The van der Waals surface area contributed by atoms with Gasteiger partial charge in [0.2, 0.25) is 11.8 Å². The maximum Gasteiger partial charge on any atom is 0.246 e. The summed E-state index contributed by atoms with van der Waals surface area (Å²) in [4.78, 5) is 24.7. The first-order valence-corrected chi connectivity index (χ1v) is 6.95. The molecule has 1 N–H and O–H groups in total. The molecule has 1 saturated heterocycles. The summed E-state index contributed by atoms with van der Waals surface area (Å²) in [6.45, 7) is 8.29. The number of aryl methyl sites for hydroxylation is 3. The van der Waals surface area contributed by atoms with E-state index in [1.807, 2.05) is 6.92 Å². The van der Waals surface area contributed by atoms with Crippen molar-refractivity contribution >= 4 is 11.8 Å². The number of hydrogen-bond acceptors (Lipinski definition) is 3. The second kappa shape index (κ2) is 5.37. The van der Waals surface area contributed by atoms with Crippen molar-refractivity contribution in [2.45, 2.75) is 46.2 Å². The molecule has 0 bridgehead atoms. The van der Waals surface area contributed by atoms with Crippen LogP contribution in [0.15, 0.2) is 12.1 Å². The Morgan fingerprint density at radius 3 is 2.30 bits per heavy atom. The lowest BCUT2D eigenvalue weighted by molar-refractivity contribution is -0.137. The second-order valence-corrected chi connectivity index (χ2v) is 5.73. The Morgan fingerprint density at radius 2 is 1.75 bits per heavy atom. The van der Waals surface area contributed by atoms with E-state index in [1.165, 1.54) is 34.2 Å². The average Bonchev–Trinajstić information content (AvgIpc) is 2.61. The number of carbonyl (C=O) groups excluding carboxylic acids is 2. The third kappa shape index (κ3) is 2.61. The molecule has 4 nitrogen and oxygen atoms in total. The van der Waals surface area contributed by atoms with Gasteiger partial charge in [-0.1, -0.05) is 12.1 Å². The van der Waals surface area contributed by atoms with E-state index in [0.29, 0.717) is 0 Å². The average molecular weight is 274 g/mol. The minimum atomic E-state index is -0.400. The minimum absolute atomic E-state index is 0.0440. The molecule has 1 aromatic rings. The standard InChI is InChI=1S/C16H22N2O2/c1-9-6-11(3)13(7-10(9)2)12(4)17-14-8-15(19)18(5)16(14)20/h6-7,12,14,17H,8H2,1-5H3. The van der Waals surface area contributed by atoms with Gasteiger partial charge >= 0.3 is 0 Å². The molecule has 1 fully saturated rings. The number of nitrogens with one attached hydrogen (secondary N) is 1. The van der Waals surface area contributed by atoms with Crippen molar-refractivity contribution in [1.82, 2.24) is 10.2 Å². The number of imide groups is 1. The number of rotatable bonds is 3. The number of benzene rings is 1. The highest BCUT2D eigenvalue weighted by Crippen LogP contribution is 2.23. The quantitative estimate of drug-likeness (QED) is 0.858. The van der Waals surface area contributed by atoms with Crippen LogP contribution in [0.1, 0.15) is 41.6 Å². The van der Waals surface area contributed by atoms with Crippen LogP contribution >= 0.6 is 0 Å². The molecule has 1 heterocycles. The molecule has 2 unspecified atom stereocenters. The molecule has 4 heteroatoms. The molecule has 108 valence electrons. The van der Waals surface area contributed by atoms with Crippen LogP contribution in [0, 0.1) is 20.8 Å². The molecule has 0 saturated carbocycles. The molecular formula is C16H22N2O2. The van der Waals surface area contributed by atoms with Crippen LogP contribution < -0.4 is 5.32 Å². The largest absolute Gasteiger partial charge is 0.299 e. The summed E-state index contributed by atoms with van der Waals surface area (Å²) >= 11 is 0. The van der Waals surface area contributed by atoms with Crippen LogP contribution in [0.25, 0.3) is 0 Å². The van der Waals surface area contributed by atoms with E-state index in [0.717, 1.165) is 0 Å². The highest BCUT2D eigenvalue weighted by Gasteiger charge is 2.36. The summed E-state index contributed by atoms with van der Waals surface area (Å²) in [5.41, 5.74) is 4.90. The van der Waals surface area contributed by atoms with Crippen molar-refractivity contribution in [2.24, 2.45) is 0 Å². The van der Waals surface area contributed by atoms with Crippen molar-refractivity contribution in [3.05, 3.63) is 34.4 Å². The van der Waals surface area contributed by atoms with E-state index >= 15 is 0 Å². The lowest BCUT2D eigenvalue weighted by Crippen LogP contribution is -2.38. The molecule has 0 radical (unpaired) electrons.